The van der Waals surface area contributed by atoms with Crippen molar-refractivity contribution in [1.29, 1.82) is 0 Å². The Labute approximate surface area is 123 Å². The van der Waals surface area contributed by atoms with Gasteiger partial charge in [-0.1, -0.05) is 36.4 Å². The van der Waals surface area contributed by atoms with E-state index in [1.54, 1.807) is 6.20 Å². The number of hydrogen-bond donors (Lipinski definition) is 0. The van der Waals surface area contributed by atoms with E-state index >= 15 is 0 Å². The van der Waals surface area contributed by atoms with Crippen LogP contribution in [0, 0.1) is 0 Å². The zero-order chi connectivity index (χ0) is 14.5. The van der Waals surface area contributed by atoms with Crippen molar-refractivity contribution in [3.8, 4) is 5.75 Å². The molecular formula is C18H15NO2. The number of benzene rings is 2. The van der Waals surface area contributed by atoms with Crippen molar-refractivity contribution in [3.05, 3.63) is 72.4 Å². The van der Waals surface area contributed by atoms with Gasteiger partial charge in [0.05, 0.1) is 12.1 Å². The lowest BCUT2D eigenvalue weighted by molar-refractivity contribution is 0.0963. The Kier molecular flexibility index (Phi) is 3.92. The number of ether oxygens (including phenoxy) is 1. The molecule has 0 unspecified atom stereocenters. The molecule has 0 aliphatic heterocycles. The fourth-order valence-corrected chi connectivity index (χ4v) is 2.24. The number of Topliss-reactive ketones (excluding diaryl/α,β-unsaturated/α-hetero) is 1. The van der Waals surface area contributed by atoms with Crippen LogP contribution < -0.4 is 4.74 Å². The van der Waals surface area contributed by atoms with E-state index in [1.807, 2.05) is 60.7 Å². The van der Waals surface area contributed by atoms with Crippen LogP contribution >= 0.6 is 0 Å². The molecule has 0 saturated carbocycles. The molecule has 0 fully saturated rings. The highest BCUT2D eigenvalue weighted by Gasteiger charge is 2.10. The quantitative estimate of drug-likeness (QED) is 0.664. The molecule has 0 saturated heterocycles. The number of aromatic nitrogens is 1. The van der Waals surface area contributed by atoms with E-state index in [1.165, 1.54) is 0 Å². The first kappa shape index (κ1) is 13.3. The van der Waals surface area contributed by atoms with Gasteiger partial charge in [-0.05, 0) is 24.3 Å². The summed E-state index contributed by atoms with van der Waals surface area (Å²) < 4.78 is 5.57. The summed E-state index contributed by atoms with van der Waals surface area (Å²) in [6.07, 6.45) is 2.05. The molecule has 0 amide bonds. The van der Waals surface area contributed by atoms with Crippen LogP contribution in [0.15, 0.2) is 66.9 Å². The summed E-state index contributed by atoms with van der Waals surface area (Å²) in [7, 11) is 0. The zero-order valence-electron chi connectivity index (χ0n) is 11.5. The maximum atomic E-state index is 12.3. The lowest BCUT2D eigenvalue weighted by atomic mass is 10.0. The molecule has 0 aliphatic rings. The lowest BCUT2D eigenvalue weighted by Gasteiger charge is -2.07. The van der Waals surface area contributed by atoms with Crippen LogP contribution in [0.2, 0.25) is 0 Å². The van der Waals surface area contributed by atoms with Crippen LogP contribution in [0.25, 0.3) is 10.9 Å². The summed E-state index contributed by atoms with van der Waals surface area (Å²) in [5, 5.41) is 0.979. The van der Waals surface area contributed by atoms with E-state index in [0.717, 1.165) is 16.7 Å². The number of fused-ring (bicyclic) bond motifs is 1. The van der Waals surface area contributed by atoms with Crippen molar-refractivity contribution in [3.63, 3.8) is 0 Å². The highest BCUT2D eigenvalue weighted by molar-refractivity contribution is 6.06. The smallest absolute Gasteiger partial charge is 0.168 e. The summed E-state index contributed by atoms with van der Waals surface area (Å²) in [6.45, 7) is 0.367. The fourth-order valence-electron chi connectivity index (χ4n) is 2.24. The van der Waals surface area contributed by atoms with Gasteiger partial charge in [-0.25, -0.2) is 0 Å². The highest BCUT2D eigenvalue weighted by Crippen LogP contribution is 2.17. The summed E-state index contributed by atoms with van der Waals surface area (Å²) >= 11 is 0. The van der Waals surface area contributed by atoms with E-state index in [0.29, 0.717) is 18.6 Å². The van der Waals surface area contributed by atoms with Gasteiger partial charge in [-0.3, -0.25) is 9.78 Å². The number of pyridine rings is 1. The van der Waals surface area contributed by atoms with Crippen LogP contribution in [-0.4, -0.2) is 17.4 Å². The second-order valence-electron chi connectivity index (χ2n) is 4.72. The molecular weight excluding hydrogens is 262 g/mol. The van der Waals surface area contributed by atoms with E-state index in [2.05, 4.69) is 4.98 Å². The third-order valence-corrected chi connectivity index (χ3v) is 3.27. The van der Waals surface area contributed by atoms with Crippen molar-refractivity contribution in [2.45, 2.75) is 6.42 Å². The minimum Gasteiger partial charge on any atom is -0.493 e. The average molecular weight is 277 g/mol. The third kappa shape index (κ3) is 3.08. The summed E-state index contributed by atoms with van der Waals surface area (Å²) in [5.41, 5.74) is 1.41. The number of ketones is 1. The van der Waals surface area contributed by atoms with Gasteiger partial charge in [-0.15, -0.1) is 0 Å². The molecule has 1 aromatic heterocycles. The molecule has 21 heavy (non-hydrogen) atoms. The van der Waals surface area contributed by atoms with E-state index in [9.17, 15) is 4.79 Å². The Morgan fingerprint density at radius 1 is 0.952 bits per heavy atom. The van der Waals surface area contributed by atoms with Crippen LogP contribution in [-0.2, 0) is 0 Å². The second kappa shape index (κ2) is 6.18. The van der Waals surface area contributed by atoms with Gasteiger partial charge in [-0.2, -0.15) is 0 Å². The minimum absolute atomic E-state index is 0.0511. The summed E-state index contributed by atoms with van der Waals surface area (Å²) in [4.78, 5) is 16.6. The molecule has 3 aromatic rings. The standard InChI is InChI=1S/C18H15NO2/c20-17(11-13-21-15-8-2-1-3-9-15)16-10-4-6-14-7-5-12-19-18(14)16/h1-10,12H,11,13H2. The molecule has 3 rings (SSSR count). The number of para-hydroxylation sites is 2. The number of carbonyl (C=O) groups is 1. The Hall–Kier alpha value is -2.68. The Bertz CT molecular complexity index is 748. The first-order valence-corrected chi connectivity index (χ1v) is 6.89. The van der Waals surface area contributed by atoms with Crippen molar-refractivity contribution < 1.29 is 9.53 Å². The van der Waals surface area contributed by atoms with Gasteiger partial charge in [0.15, 0.2) is 5.78 Å². The van der Waals surface area contributed by atoms with Gasteiger partial charge in [0.25, 0.3) is 0 Å². The van der Waals surface area contributed by atoms with Crippen molar-refractivity contribution in [2.24, 2.45) is 0 Å². The van der Waals surface area contributed by atoms with E-state index in [4.69, 9.17) is 4.74 Å². The lowest BCUT2D eigenvalue weighted by Crippen LogP contribution is -2.07. The average Bonchev–Trinajstić information content (AvgIpc) is 2.55. The van der Waals surface area contributed by atoms with E-state index < -0.39 is 0 Å². The molecule has 2 aromatic carbocycles. The Morgan fingerprint density at radius 3 is 2.62 bits per heavy atom. The Balaban J connectivity index is 1.70. The molecule has 0 radical (unpaired) electrons. The number of nitrogens with zero attached hydrogens (tertiary/aromatic N) is 1. The molecule has 0 spiro atoms. The molecule has 1 heterocycles. The number of carbonyl (C=O) groups excluding carboxylic acids is 1. The SMILES string of the molecule is O=C(CCOc1ccccc1)c1cccc2cccnc12. The third-order valence-electron chi connectivity index (χ3n) is 3.27. The maximum Gasteiger partial charge on any atom is 0.168 e. The van der Waals surface area contributed by atoms with E-state index in [-0.39, 0.29) is 5.78 Å². The van der Waals surface area contributed by atoms with Gasteiger partial charge >= 0.3 is 0 Å². The molecule has 0 atom stereocenters. The molecule has 3 heteroatoms. The maximum absolute atomic E-state index is 12.3. The summed E-state index contributed by atoms with van der Waals surface area (Å²) in [6, 6.07) is 19.0. The van der Waals surface area contributed by atoms with Crippen LogP contribution in [0.1, 0.15) is 16.8 Å². The first-order chi connectivity index (χ1) is 10.3. The fraction of sp³-hybridized carbons (Fsp3) is 0.111. The Morgan fingerprint density at radius 2 is 1.76 bits per heavy atom. The minimum atomic E-state index is 0.0511. The normalized spacial score (nSPS) is 10.5. The zero-order valence-corrected chi connectivity index (χ0v) is 11.5. The van der Waals surface area contributed by atoms with Crippen LogP contribution in [0.3, 0.4) is 0 Å². The summed E-state index contributed by atoms with van der Waals surface area (Å²) in [5.74, 6) is 0.830. The monoisotopic (exact) mass is 277 g/mol. The van der Waals surface area contributed by atoms with Crippen LogP contribution in [0.4, 0.5) is 0 Å². The van der Waals surface area contributed by atoms with Crippen molar-refractivity contribution in [1.82, 2.24) is 4.98 Å². The van der Waals surface area contributed by atoms with Gasteiger partial charge in [0, 0.05) is 23.6 Å². The van der Waals surface area contributed by atoms with Gasteiger partial charge in [0.1, 0.15) is 5.75 Å². The van der Waals surface area contributed by atoms with Gasteiger partial charge < -0.3 is 4.74 Å². The number of hydrogen-bond acceptors (Lipinski definition) is 3. The molecule has 0 aliphatic carbocycles. The van der Waals surface area contributed by atoms with Crippen molar-refractivity contribution >= 4 is 16.7 Å². The largest absolute Gasteiger partial charge is 0.493 e. The molecule has 104 valence electrons. The predicted molar refractivity (Wildman–Crippen MR) is 82.6 cm³/mol. The van der Waals surface area contributed by atoms with Crippen LogP contribution in [0.5, 0.6) is 5.75 Å². The first-order valence-electron chi connectivity index (χ1n) is 6.89. The molecule has 0 N–H and O–H groups in total. The topological polar surface area (TPSA) is 39.2 Å². The van der Waals surface area contributed by atoms with Crippen molar-refractivity contribution in [2.75, 3.05) is 6.61 Å². The predicted octanol–water partition coefficient (Wildman–Crippen LogP) is 3.89. The molecule has 3 nitrogen and oxygen atoms in total. The highest BCUT2D eigenvalue weighted by atomic mass is 16.5. The molecule has 0 bridgehead atoms. The number of rotatable bonds is 5. The van der Waals surface area contributed by atoms with Gasteiger partial charge in [0.2, 0.25) is 0 Å². The second-order valence-corrected chi connectivity index (χ2v) is 4.72.